The Morgan fingerprint density at radius 2 is 1.00 bits per heavy atom. The molecule has 0 bridgehead atoms. The van der Waals surface area contributed by atoms with Crippen LogP contribution in [0.25, 0.3) is 0 Å². The number of hydrogen-bond donors (Lipinski definition) is 0. The van der Waals surface area contributed by atoms with Crippen molar-refractivity contribution >= 4 is 0 Å². The number of halogens is 9. The molecular formula is C10H11F9. The minimum absolute atomic E-state index is 0.663. The van der Waals surface area contributed by atoms with Crippen LogP contribution in [-0.4, -0.2) is 29.4 Å². The first kappa shape index (κ1) is 16.4. The Kier molecular flexibility index (Phi) is 3.04. The third-order valence-electron chi connectivity index (χ3n) is 3.40. The Labute approximate surface area is 103 Å². The van der Waals surface area contributed by atoms with Gasteiger partial charge in [0.25, 0.3) is 0 Å². The van der Waals surface area contributed by atoms with Gasteiger partial charge in [0.15, 0.2) is 5.67 Å². The van der Waals surface area contributed by atoms with Crippen LogP contribution in [0.3, 0.4) is 0 Å². The maximum atomic E-state index is 14.1. The summed E-state index contributed by atoms with van der Waals surface area (Å²) in [5.74, 6) is -24.3. The SMILES string of the molecule is CC(C)(C)C1(F)CC(F)(F)C(F)(F)C(F)(F)C1(F)F. The van der Waals surface area contributed by atoms with Crippen molar-refractivity contribution in [2.24, 2.45) is 5.41 Å². The molecule has 1 fully saturated rings. The molecule has 1 aliphatic rings. The zero-order valence-corrected chi connectivity index (χ0v) is 10.1. The third kappa shape index (κ3) is 1.62. The van der Waals surface area contributed by atoms with E-state index in [1.165, 1.54) is 0 Å². The Balaban J connectivity index is 3.60. The molecule has 1 atom stereocenters. The largest absolute Gasteiger partial charge is 0.381 e. The fourth-order valence-electron chi connectivity index (χ4n) is 1.94. The van der Waals surface area contributed by atoms with Gasteiger partial charge in [0.1, 0.15) is 0 Å². The maximum Gasteiger partial charge on any atom is 0.381 e. The molecule has 0 amide bonds. The highest BCUT2D eigenvalue weighted by Crippen LogP contribution is 2.67. The number of rotatable bonds is 0. The fourth-order valence-corrected chi connectivity index (χ4v) is 1.94. The van der Waals surface area contributed by atoms with Crippen LogP contribution >= 0.6 is 0 Å². The summed E-state index contributed by atoms with van der Waals surface area (Å²) < 4.78 is 119. The molecule has 1 unspecified atom stereocenters. The molecule has 1 aliphatic carbocycles. The predicted octanol–water partition coefficient (Wildman–Crippen LogP) is 4.69. The van der Waals surface area contributed by atoms with E-state index >= 15 is 0 Å². The van der Waals surface area contributed by atoms with Crippen molar-refractivity contribution in [2.45, 2.75) is 56.6 Å². The van der Waals surface area contributed by atoms with Crippen molar-refractivity contribution in [1.29, 1.82) is 0 Å². The lowest BCUT2D eigenvalue weighted by molar-refractivity contribution is -0.435. The van der Waals surface area contributed by atoms with Crippen LogP contribution in [0, 0.1) is 5.41 Å². The Morgan fingerprint density at radius 1 is 0.632 bits per heavy atom. The van der Waals surface area contributed by atoms with Gasteiger partial charge in [-0.2, -0.15) is 35.1 Å². The molecule has 0 aromatic carbocycles. The van der Waals surface area contributed by atoms with Gasteiger partial charge in [-0.1, -0.05) is 20.8 Å². The van der Waals surface area contributed by atoms with Crippen molar-refractivity contribution < 1.29 is 39.5 Å². The van der Waals surface area contributed by atoms with E-state index in [4.69, 9.17) is 0 Å². The Hall–Kier alpha value is -0.630. The molecule has 19 heavy (non-hydrogen) atoms. The molecule has 0 nitrogen and oxygen atoms in total. The lowest BCUT2D eigenvalue weighted by Gasteiger charge is -2.53. The molecule has 114 valence electrons. The van der Waals surface area contributed by atoms with Gasteiger partial charge in [-0.05, 0) is 0 Å². The van der Waals surface area contributed by atoms with Crippen molar-refractivity contribution in [3.05, 3.63) is 0 Å². The van der Waals surface area contributed by atoms with Crippen molar-refractivity contribution in [3.8, 4) is 0 Å². The topological polar surface area (TPSA) is 0 Å². The van der Waals surface area contributed by atoms with E-state index in [1.54, 1.807) is 0 Å². The molecule has 0 spiro atoms. The standard InChI is InChI=1S/C10H11F9/c1-5(2,3)6(11)4-7(12,13)9(16,17)10(18,19)8(6,14)15/h4H2,1-3H3. The van der Waals surface area contributed by atoms with Gasteiger partial charge >= 0.3 is 23.7 Å². The first-order valence-electron chi connectivity index (χ1n) is 5.16. The summed E-state index contributed by atoms with van der Waals surface area (Å²) in [6, 6.07) is 0. The van der Waals surface area contributed by atoms with Crippen LogP contribution in [0.4, 0.5) is 39.5 Å². The van der Waals surface area contributed by atoms with Crippen LogP contribution in [0.15, 0.2) is 0 Å². The van der Waals surface area contributed by atoms with E-state index in [1.807, 2.05) is 0 Å². The number of alkyl halides is 9. The summed E-state index contributed by atoms with van der Waals surface area (Å²) in [4.78, 5) is 0. The summed E-state index contributed by atoms with van der Waals surface area (Å²) in [7, 11) is 0. The van der Waals surface area contributed by atoms with E-state index in [9.17, 15) is 39.5 Å². The highest BCUT2D eigenvalue weighted by molar-refractivity contribution is 5.21. The minimum Gasteiger partial charge on any atom is -0.236 e. The summed E-state index contributed by atoms with van der Waals surface area (Å²) in [5.41, 5.74) is -6.87. The van der Waals surface area contributed by atoms with E-state index in [0.29, 0.717) is 20.8 Å². The predicted molar refractivity (Wildman–Crippen MR) is 47.7 cm³/mol. The maximum absolute atomic E-state index is 14.1. The molecule has 0 aromatic rings. The first-order valence-corrected chi connectivity index (χ1v) is 5.16. The van der Waals surface area contributed by atoms with Crippen LogP contribution < -0.4 is 0 Å². The Morgan fingerprint density at radius 3 is 1.32 bits per heavy atom. The molecular weight excluding hydrogens is 291 g/mol. The average molecular weight is 302 g/mol. The third-order valence-corrected chi connectivity index (χ3v) is 3.40. The van der Waals surface area contributed by atoms with Gasteiger partial charge in [0, 0.05) is 5.41 Å². The summed E-state index contributed by atoms with van der Waals surface area (Å²) in [6.07, 6.45) is -2.68. The normalized spacial score (nSPS) is 36.0. The minimum atomic E-state index is -6.50. The van der Waals surface area contributed by atoms with Crippen LogP contribution in [0.1, 0.15) is 27.2 Å². The lowest BCUT2D eigenvalue weighted by Crippen LogP contribution is -2.77. The fraction of sp³-hybridized carbons (Fsp3) is 1.00. The smallest absolute Gasteiger partial charge is 0.236 e. The first-order chi connectivity index (χ1) is 7.96. The average Bonchev–Trinajstić information content (AvgIpc) is 2.12. The highest BCUT2D eigenvalue weighted by Gasteiger charge is 2.92. The van der Waals surface area contributed by atoms with Crippen molar-refractivity contribution in [2.75, 3.05) is 0 Å². The second kappa shape index (κ2) is 3.52. The van der Waals surface area contributed by atoms with Gasteiger partial charge in [0.05, 0.1) is 6.42 Å². The zero-order valence-electron chi connectivity index (χ0n) is 10.1. The quantitative estimate of drug-likeness (QED) is 0.570. The van der Waals surface area contributed by atoms with Gasteiger partial charge in [-0.15, -0.1) is 0 Å². The van der Waals surface area contributed by atoms with Gasteiger partial charge < -0.3 is 0 Å². The lowest BCUT2D eigenvalue weighted by atomic mass is 9.64. The molecule has 1 saturated carbocycles. The zero-order chi connectivity index (χ0) is 15.7. The molecule has 0 radical (unpaired) electrons. The van der Waals surface area contributed by atoms with Gasteiger partial charge in [-0.25, -0.2) is 4.39 Å². The second-order valence-electron chi connectivity index (χ2n) is 5.66. The second-order valence-corrected chi connectivity index (χ2v) is 5.66. The Bertz CT molecular complexity index is 379. The monoisotopic (exact) mass is 302 g/mol. The van der Waals surface area contributed by atoms with Crippen LogP contribution in [0.2, 0.25) is 0 Å². The number of hydrogen-bond acceptors (Lipinski definition) is 0. The summed E-state index contributed by atoms with van der Waals surface area (Å²) >= 11 is 0. The van der Waals surface area contributed by atoms with Gasteiger partial charge in [-0.3, -0.25) is 0 Å². The van der Waals surface area contributed by atoms with Crippen molar-refractivity contribution in [3.63, 3.8) is 0 Å². The molecule has 0 aliphatic heterocycles. The molecule has 0 aromatic heterocycles. The molecule has 9 heteroatoms. The summed E-state index contributed by atoms with van der Waals surface area (Å²) in [5, 5.41) is 0. The molecule has 0 heterocycles. The molecule has 0 saturated heterocycles. The van der Waals surface area contributed by atoms with Gasteiger partial charge in [0.2, 0.25) is 0 Å². The van der Waals surface area contributed by atoms with E-state index in [0.717, 1.165) is 0 Å². The molecule has 0 N–H and O–H groups in total. The molecule has 1 rings (SSSR count). The van der Waals surface area contributed by atoms with Crippen LogP contribution in [0.5, 0.6) is 0 Å². The van der Waals surface area contributed by atoms with Crippen molar-refractivity contribution in [1.82, 2.24) is 0 Å². The van der Waals surface area contributed by atoms with E-state index in [2.05, 4.69) is 0 Å². The van der Waals surface area contributed by atoms with E-state index in [-0.39, 0.29) is 0 Å². The van der Waals surface area contributed by atoms with E-state index < -0.39 is 41.2 Å². The summed E-state index contributed by atoms with van der Waals surface area (Å²) in [6.45, 7) is 1.99. The highest BCUT2D eigenvalue weighted by atomic mass is 19.4. The van der Waals surface area contributed by atoms with Crippen LogP contribution in [-0.2, 0) is 0 Å².